The Bertz CT molecular complexity index is 1070. The third-order valence-electron chi connectivity index (χ3n) is 6.15. The Hall–Kier alpha value is -3.27. The molecule has 3 aromatic carbocycles. The molecule has 33 heavy (non-hydrogen) atoms. The van der Waals surface area contributed by atoms with Crippen LogP contribution in [0.5, 0.6) is 5.75 Å². The van der Waals surface area contributed by atoms with Crippen molar-refractivity contribution in [2.75, 3.05) is 7.05 Å². The Labute approximate surface area is 197 Å². The minimum absolute atomic E-state index is 0.0613. The summed E-state index contributed by atoms with van der Waals surface area (Å²) in [7, 11) is 1.86. The first-order valence-corrected chi connectivity index (χ1v) is 11.6. The smallest absolute Gasteiger partial charge is 0.410 e. The number of nitrogens with zero attached hydrogens (tertiary/aromatic N) is 1. The Kier molecular flexibility index (Phi) is 6.73. The average molecular weight is 444 g/mol. The number of likely N-dealkylation sites (N-methyl/N-ethyl adjacent to an activating group) is 1. The summed E-state index contributed by atoms with van der Waals surface area (Å²) in [6, 6.07) is 27.1. The molecule has 0 N–H and O–H groups in total. The largest absolute Gasteiger partial charge is 0.489 e. The van der Waals surface area contributed by atoms with Crippen LogP contribution in [0, 0.1) is 0 Å². The lowest BCUT2D eigenvalue weighted by molar-refractivity contribution is 0.0207. The Morgan fingerprint density at radius 2 is 1.58 bits per heavy atom. The van der Waals surface area contributed by atoms with Crippen molar-refractivity contribution in [1.82, 2.24) is 4.90 Å². The number of hydrogen-bond acceptors (Lipinski definition) is 3. The van der Waals surface area contributed by atoms with Crippen molar-refractivity contribution in [3.8, 4) is 5.75 Å². The molecule has 0 heterocycles. The van der Waals surface area contributed by atoms with Crippen LogP contribution in [0.1, 0.15) is 48.9 Å². The summed E-state index contributed by atoms with van der Waals surface area (Å²) in [6.07, 6.45) is 1.43. The number of amides is 1. The van der Waals surface area contributed by atoms with Gasteiger partial charge in [0.25, 0.3) is 0 Å². The van der Waals surface area contributed by atoms with Gasteiger partial charge in [0, 0.05) is 19.0 Å². The zero-order chi connectivity index (χ0) is 23.4. The number of carbonyl (C=O) groups is 1. The highest BCUT2D eigenvalue weighted by molar-refractivity contribution is 5.69. The molecule has 1 amide bonds. The minimum Gasteiger partial charge on any atom is -0.489 e. The van der Waals surface area contributed by atoms with Crippen LogP contribution in [-0.2, 0) is 24.2 Å². The fraction of sp³-hybridized carbons (Fsp3) is 0.345. The van der Waals surface area contributed by atoms with Crippen molar-refractivity contribution >= 4 is 6.09 Å². The molecule has 0 aliphatic heterocycles. The number of ether oxygens (including phenoxy) is 2. The molecule has 4 heteroatoms. The number of rotatable bonds is 6. The zero-order valence-corrected chi connectivity index (χ0v) is 20.0. The molecule has 0 radical (unpaired) electrons. The molecule has 4 nitrogen and oxygen atoms in total. The van der Waals surface area contributed by atoms with E-state index in [2.05, 4.69) is 48.5 Å². The first kappa shape index (κ1) is 22.9. The van der Waals surface area contributed by atoms with Crippen LogP contribution in [0.15, 0.2) is 78.9 Å². The standard InChI is InChI=1S/C29H33NO3/c1-29(2,3)33-28(31)30(4)27-19-23-12-8-9-13-25(23)26(27)18-21-14-16-24(17-15-21)32-20-22-10-6-5-7-11-22/h5-17,26-27H,18-20H2,1-4H3/t26-,27-/m1/s1. The maximum absolute atomic E-state index is 12.8. The predicted molar refractivity (Wildman–Crippen MR) is 132 cm³/mol. The fourth-order valence-electron chi connectivity index (χ4n) is 4.50. The molecule has 1 aliphatic carbocycles. The molecule has 0 bridgehead atoms. The zero-order valence-electron chi connectivity index (χ0n) is 20.0. The highest BCUT2D eigenvalue weighted by atomic mass is 16.6. The van der Waals surface area contributed by atoms with Crippen molar-refractivity contribution < 1.29 is 14.3 Å². The van der Waals surface area contributed by atoms with Crippen molar-refractivity contribution in [2.24, 2.45) is 0 Å². The number of fused-ring (bicyclic) bond motifs is 1. The summed E-state index contributed by atoms with van der Waals surface area (Å²) >= 11 is 0. The van der Waals surface area contributed by atoms with Crippen molar-refractivity contribution in [2.45, 2.75) is 57.8 Å². The summed E-state index contributed by atoms with van der Waals surface area (Å²) in [5.74, 6) is 1.08. The number of hydrogen-bond donors (Lipinski definition) is 0. The summed E-state index contributed by atoms with van der Waals surface area (Å²) in [5.41, 5.74) is 4.50. The summed E-state index contributed by atoms with van der Waals surface area (Å²) in [6.45, 7) is 6.27. The van der Waals surface area contributed by atoms with Crippen LogP contribution < -0.4 is 4.74 Å². The van der Waals surface area contributed by atoms with Crippen molar-refractivity contribution in [1.29, 1.82) is 0 Å². The maximum Gasteiger partial charge on any atom is 0.410 e. The van der Waals surface area contributed by atoms with Gasteiger partial charge in [-0.15, -0.1) is 0 Å². The number of benzene rings is 3. The van der Waals surface area contributed by atoms with Gasteiger partial charge in [0.2, 0.25) is 0 Å². The van der Waals surface area contributed by atoms with Crippen LogP contribution in [0.25, 0.3) is 0 Å². The van der Waals surface area contributed by atoms with E-state index in [1.54, 1.807) is 4.90 Å². The van der Waals surface area contributed by atoms with E-state index in [-0.39, 0.29) is 18.1 Å². The van der Waals surface area contributed by atoms with Crippen molar-refractivity contribution in [3.05, 3.63) is 101 Å². The van der Waals surface area contributed by atoms with E-state index >= 15 is 0 Å². The second-order valence-electron chi connectivity index (χ2n) is 9.79. The summed E-state index contributed by atoms with van der Waals surface area (Å²) in [5, 5.41) is 0. The Morgan fingerprint density at radius 3 is 2.27 bits per heavy atom. The van der Waals surface area contributed by atoms with Crippen LogP contribution >= 0.6 is 0 Å². The normalized spacial score (nSPS) is 17.3. The summed E-state index contributed by atoms with van der Waals surface area (Å²) in [4.78, 5) is 14.6. The maximum atomic E-state index is 12.8. The minimum atomic E-state index is -0.512. The first-order chi connectivity index (χ1) is 15.8. The first-order valence-electron chi connectivity index (χ1n) is 11.6. The lowest BCUT2D eigenvalue weighted by atomic mass is 9.90. The van der Waals surface area contributed by atoms with Crippen LogP contribution in [0.2, 0.25) is 0 Å². The van der Waals surface area contributed by atoms with E-state index in [1.807, 2.05) is 58.2 Å². The van der Waals surface area contributed by atoms with Gasteiger partial charge in [0.05, 0.1) is 0 Å². The molecule has 0 spiro atoms. The lowest BCUT2D eigenvalue weighted by Gasteiger charge is -2.32. The lowest BCUT2D eigenvalue weighted by Crippen LogP contribution is -2.43. The monoisotopic (exact) mass is 443 g/mol. The van der Waals surface area contributed by atoms with Gasteiger partial charge < -0.3 is 14.4 Å². The van der Waals surface area contributed by atoms with E-state index in [4.69, 9.17) is 9.47 Å². The topological polar surface area (TPSA) is 38.8 Å². The highest BCUT2D eigenvalue weighted by Gasteiger charge is 2.38. The molecule has 3 aromatic rings. The molecule has 2 atom stereocenters. The second kappa shape index (κ2) is 9.70. The number of carbonyl (C=O) groups excluding carboxylic acids is 1. The van der Waals surface area contributed by atoms with Gasteiger partial charge >= 0.3 is 6.09 Å². The summed E-state index contributed by atoms with van der Waals surface area (Å²) < 4.78 is 11.6. The second-order valence-corrected chi connectivity index (χ2v) is 9.79. The van der Waals surface area contributed by atoms with Gasteiger partial charge in [-0.25, -0.2) is 4.79 Å². The van der Waals surface area contributed by atoms with Gasteiger partial charge in [-0.2, -0.15) is 0 Å². The fourth-order valence-corrected chi connectivity index (χ4v) is 4.50. The Morgan fingerprint density at radius 1 is 0.909 bits per heavy atom. The van der Waals surface area contributed by atoms with E-state index in [9.17, 15) is 4.79 Å². The average Bonchev–Trinajstić information content (AvgIpc) is 3.16. The molecule has 0 aromatic heterocycles. The van der Waals surface area contributed by atoms with Crippen LogP contribution in [0.4, 0.5) is 4.79 Å². The molecule has 0 fully saturated rings. The van der Waals surface area contributed by atoms with Crippen molar-refractivity contribution in [3.63, 3.8) is 0 Å². The quantitative estimate of drug-likeness (QED) is 0.443. The molecule has 4 rings (SSSR count). The highest BCUT2D eigenvalue weighted by Crippen LogP contribution is 2.38. The molecular formula is C29H33NO3. The van der Waals surface area contributed by atoms with Gasteiger partial charge in [-0.1, -0.05) is 66.7 Å². The molecule has 0 saturated heterocycles. The van der Waals surface area contributed by atoms with E-state index < -0.39 is 5.60 Å². The van der Waals surface area contributed by atoms with E-state index in [0.717, 1.165) is 24.2 Å². The predicted octanol–water partition coefficient (Wildman–Crippen LogP) is 6.38. The van der Waals surface area contributed by atoms with E-state index in [0.29, 0.717) is 6.61 Å². The van der Waals surface area contributed by atoms with Crippen LogP contribution in [-0.4, -0.2) is 29.7 Å². The molecule has 0 unspecified atom stereocenters. The molecular weight excluding hydrogens is 410 g/mol. The SMILES string of the molecule is CN(C(=O)OC(C)(C)C)[C@@H]1Cc2ccccc2[C@H]1Cc1ccc(OCc2ccccc2)cc1. The van der Waals surface area contributed by atoms with Gasteiger partial charge in [-0.05, 0) is 68.0 Å². The third-order valence-corrected chi connectivity index (χ3v) is 6.15. The Balaban J connectivity index is 1.47. The third kappa shape index (κ3) is 5.75. The molecule has 172 valence electrons. The van der Waals surface area contributed by atoms with Gasteiger partial charge in [0.1, 0.15) is 18.0 Å². The van der Waals surface area contributed by atoms with Crippen LogP contribution in [0.3, 0.4) is 0 Å². The molecule has 1 aliphatic rings. The molecule has 0 saturated carbocycles. The van der Waals surface area contributed by atoms with Gasteiger partial charge in [-0.3, -0.25) is 0 Å². The van der Waals surface area contributed by atoms with Gasteiger partial charge in [0.15, 0.2) is 0 Å². The van der Waals surface area contributed by atoms with E-state index in [1.165, 1.54) is 16.7 Å².